The van der Waals surface area contributed by atoms with Gasteiger partial charge in [0.2, 0.25) is 0 Å². The molecule has 0 aliphatic carbocycles. The van der Waals surface area contributed by atoms with Gasteiger partial charge in [-0.05, 0) is 61.9 Å². The summed E-state index contributed by atoms with van der Waals surface area (Å²) in [6, 6.07) is 6.27. The van der Waals surface area contributed by atoms with Gasteiger partial charge in [-0.15, -0.1) is 0 Å². The highest BCUT2D eigenvalue weighted by Gasteiger charge is 2.43. The Morgan fingerprint density at radius 1 is 1.00 bits per heavy atom. The maximum atomic E-state index is 5.88. The van der Waals surface area contributed by atoms with Crippen LogP contribution < -0.4 is 5.19 Å². The lowest BCUT2D eigenvalue weighted by Crippen LogP contribution is -2.57. The van der Waals surface area contributed by atoms with Crippen LogP contribution in [0.5, 0.6) is 0 Å². The van der Waals surface area contributed by atoms with E-state index in [2.05, 4.69) is 47.7 Å². The molecule has 5 heteroatoms. The molecule has 0 amide bonds. The number of benzene rings is 1. The SMILES string of the molecule is CCO[Si](OCC)(OCC)c1ccc(C)c(I)c1. The zero-order valence-electron chi connectivity index (χ0n) is 11.5. The average Bonchev–Trinajstić information content (AvgIpc) is 2.33. The lowest BCUT2D eigenvalue weighted by atomic mass is 10.2. The van der Waals surface area contributed by atoms with Crippen LogP contribution in [0, 0.1) is 10.5 Å². The van der Waals surface area contributed by atoms with Crippen molar-refractivity contribution in [2.24, 2.45) is 0 Å². The molecule has 1 aromatic carbocycles. The molecule has 0 aromatic heterocycles. The van der Waals surface area contributed by atoms with Gasteiger partial charge >= 0.3 is 8.80 Å². The van der Waals surface area contributed by atoms with Crippen LogP contribution in [-0.4, -0.2) is 28.6 Å². The quantitative estimate of drug-likeness (QED) is 0.538. The molecular weight excluding hydrogens is 359 g/mol. The van der Waals surface area contributed by atoms with E-state index in [0.29, 0.717) is 19.8 Å². The fourth-order valence-corrected chi connectivity index (χ4v) is 5.04. The molecule has 0 heterocycles. The van der Waals surface area contributed by atoms with Crippen LogP contribution in [0.15, 0.2) is 18.2 Å². The van der Waals surface area contributed by atoms with Crippen LogP contribution in [-0.2, 0) is 13.3 Å². The molecule has 0 N–H and O–H groups in total. The van der Waals surface area contributed by atoms with Crippen molar-refractivity contribution in [2.75, 3.05) is 19.8 Å². The van der Waals surface area contributed by atoms with E-state index in [-0.39, 0.29) is 0 Å². The Bertz CT molecular complexity index is 367. The second-order valence-corrected chi connectivity index (χ2v) is 7.54. The van der Waals surface area contributed by atoms with Crippen molar-refractivity contribution >= 4 is 36.6 Å². The van der Waals surface area contributed by atoms with E-state index in [1.807, 2.05) is 20.8 Å². The molecule has 0 spiro atoms. The lowest BCUT2D eigenvalue weighted by molar-refractivity contribution is 0.0859. The minimum absolute atomic E-state index is 0.594. The molecule has 0 fully saturated rings. The molecule has 102 valence electrons. The molecule has 0 atom stereocenters. The zero-order valence-corrected chi connectivity index (χ0v) is 14.6. The van der Waals surface area contributed by atoms with E-state index >= 15 is 0 Å². The summed E-state index contributed by atoms with van der Waals surface area (Å²) < 4.78 is 18.9. The highest BCUT2D eigenvalue weighted by molar-refractivity contribution is 14.1. The van der Waals surface area contributed by atoms with E-state index in [9.17, 15) is 0 Å². The smallest absolute Gasteiger partial charge is 0.370 e. The molecule has 0 radical (unpaired) electrons. The molecular formula is C13H21IO3Si. The van der Waals surface area contributed by atoms with Crippen LogP contribution in [0.25, 0.3) is 0 Å². The molecule has 18 heavy (non-hydrogen) atoms. The fraction of sp³-hybridized carbons (Fsp3) is 0.538. The summed E-state index contributed by atoms with van der Waals surface area (Å²) in [7, 11) is -2.73. The third kappa shape index (κ3) is 3.77. The standard InChI is InChI=1S/C13H21IO3Si/c1-5-15-18(16-6-2,17-7-3)12-9-8-11(4)13(14)10-12/h8-10H,5-7H2,1-4H3. The van der Waals surface area contributed by atoms with Gasteiger partial charge in [-0.3, -0.25) is 0 Å². The third-order valence-electron chi connectivity index (χ3n) is 2.53. The van der Waals surface area contributed by atoms with Gasteiger partial charge in [-0.25, -0.2) is 0 Å². The Kier molecular flexibility index (Phi) is 6.79. The van der Waals surface area contributed by atoms with Gasteiger partial charge in [0.15, 0.2) is 0 Å². The Labute approximate surface area is 124 Å². The van der Waals surface area contributed by atoms with Gasteiger partial charge in [0.1, 0.15) is 0 Å². The Balaban J connectivity index is 3.16. The number of hydrogen-bond donors (Lipinski definition) is 0. The van der Waals surface area contributed by atoms with Crippen molar-refractivity contribution in [3.05, 3.63) is 27.3 Å². The second kappa shape index (κ2) is 7.59. The number of rotatable bonds is 7. The topological polar surface area (TPSA) is 27.7 Å². The molecule has 0 bridgehead atoms. The highest BCUT2D eigenvalue weighted by atomic mass is 127. The normalized spacial score (nSPS) is 11.8. The molecule has 1 rings (SSSR count). The van der Waals surface area contributed by atoms with Gasteiger partial charge in [0.25, 0.3) is 0 Å². The van der Waals surface area contributed by atoms with Gasteiger partial charge in [-0.2, -0.15) is 0 Å². The first-order valence-corrected chi connectivity index (χ1v) is 9.08. The predicted octanol–water partition coefficient (Wildman–Crippen LogP) is 2.86. The molecule has 3 nitrogen and oxygen atoms in total. The van der Waals surface area contributed by atoms with Crippen molar-refractivity contribution in [1.29, 1.82) is 0 Å². The van der Waals surface area contributed by atoms with Gasteiger partial charge in [-0.1, -0.05) is 12.1 Å². The van der Waals surface area contributed by atoms with E-state index < -0.39 is 8.80 Å². The third-order valence-corrected chi connectivity index (χ3v) is 6.71. The van der Waals surface area contributed by atoms with Crippen LogP contribution in [0.2, 0.25) is 0 Å². The number of halogens is 1. The van der Waals surface area contributed by atoms with Crippen LogP contribution in [0.3, 0.4) is 0 Å². The van der Waals surface area contributed by atoms with E-state index in [0.717, 1.165) is 5.19 Å². The molecule has 0 saturated carbocycles. The largest absolute Gasteiger partial charge is 0.537 e. The first-order chi connectivity index (χ1) is 8.59. The van der Waals surface area contributed by atoms with Crippen LogP contribution in [0.4, 0.5) is 0 Å². The van der Waals surface area contributed by atoms with Gasteiger partial charge in [0, 0.05) is 28.6 Å². The summed E-state index contributed by atoms with van der Waals surface area (Å²) in [5.41, 5.74) is 1.26. The first kappa shape index (κ1) is 16.1. The predicted molar refractivity (Wildman–Crippen MR) is 84.2 cm³/mol. The first-order valence-electron chi connectivity index (χ1n) is 6.28. The van der Waals surface area contributed by atoms with Gasteiger partial charge < -0.3 is 13.3 Å². The van der Waals surface area contributed by atoms with Crippen molar-refractivity contribution in [2.45, 2.75) is 27.7 Å². The molecule has 0 aliphatic heterocycles. The maximum Gasteiger partial charge on any atom is 0.537 e. The minimum atomic E-state index is -2.73. The van der Waals surface area contributed by atoms with Crippen molar-refractivity contribution in [1.82, 2.24) is 0 Å². The summed E-state index contributed by atoms with van der Waals surface area (Å²) in [4.78, 5) is 0. The zero-order chi connectivity index (χ0) is 13.6. The average molecular weight is 380 g/mol. The molecule has 1 aromatic rings. The Morgan fingerprint density at radius 3 is 1.89 bits per heavy atom. The molecule has 0 aliphatic rings. The molecule has 0 unspecified atom stereocenters. The lowest BCUT2D eigenvalue weighted by Gasteiger charge is -2.28. The van der Waals surface area contributed by atoms with Crippen LogP contribution >= 0.6 is 22.6 Å². The summed E-state index contributed by atoms with van der Waals surface area (Å²) in [5, 5.41) is 1.04. The highest BCUT2D eigenvalue weighted by Crippen LogP contribution is 2.15. The number of aryl methyl sites for hydroxylation is 1. The Hall–Kier alpha value is 0.0469. The fourth-order valence-electron chi connectivity index (χ4n) is 1.73. The number of hydrogen-bond acceptors (Lipinski definition) is 3. The van der Waals surface area contributed by atoms with Crippen molar-refractivity contribution in [3.8, 4) is 0 Å². The monoisotopic (exact) mass is 380 g/mol. The maximum absolute atomic E-state index is 5.88. The van der Waals surface area contributed by atoms with Crippen LogP contribution in [0.1, 0.15) is 26.3 Å². The molecule has 0 saturated heterocycles. The minimum Gasteiger partial charge on any atom is -0.370 e. The van der Waals surface area contributed by atoms with E-state index in [4.69, 9.17) is 13.3 Å². The van der Waals surface area contributed by atoms with Crippen molar-refractivity contribution < 1.29 is 13.3 Å². The summed E-state index contributed by atoms with van der Waals surface area (Å²) in [6.45, 7) is 9.79. The summed E-state index contributed by atoms with van der Waals surface area (Å²) >= 11 is 2.33. The van der Waals surface area contributed by atoms with E-state index in [1.54, 1.807) is 0 Å². The Morgan fingerprint density at radius 2 is 1.50 bits per heavy atom. The van der Waals surface area contributed by atoms with Gasteiger partial charge in [0.05, 0.1) is 0 Å². The van der Waals surface area contributed by atoms with E-state index in [1.165, 1.54) is 9.13 Å². The second-order valence-electron chi connectivity index (χ2n) is 3.82. The summed E-state index contributed by atoms with van der Waals surface area (Å²) in [5.74, 6) is 0. The van der Waals surface area contributed by atoms with Crippen molar-refractivity contribution in [3.63, 3.8) is 0 Å². The summed E-state index contributed by atoms with van der Waals surface area (Å²) in [6.07, 6.45) is 0.